The molecule has 2 rings (SSSR count). The highest BCUT2D eigenvalue weighted by atomic mass is 16.5. The molecule has 0 saturated carbocycles. The molecule has 2 fully saturated rings. The van der Waals surface area contributed by atoms with Crippen LogP contribution in [-0.4, -0.2) is 157 Å². The van der Waals surface area contributed by atoms with E-state index in [1.807, 2.05) is 0 Å². The summed E-state index contributed by atoms with van der Waals surface area (Å²) in [5.41, 5.74) is 0. The van der Waals surface area contributed by atoms with Crippen LogP contribution in [0, 0.1) is 11.8 Å². The molecular weight excluding hydrogens is 508 g/mol. The predicted octanol–water partition coefficient (Wildman–Crippen LogP) is -3.04. The van der Waals surface area contributed by atoms with Gasteiger partial charge in [-0.25, -0.2) is 0 Å². The summed E-state index contributed by atoms with van der Waals surface area (Å²) in [6, 6.07) is 0. The lowest BCUT2D eigenvalue weighted by Crippen LogP contribution is -2.40. The number of rotatable bonds is 9. The van der Waals surface area contributed by atoms with Gasteiger partial charge in [0, 0.05) is 118 Å². The molecule has 12 heteroatoms. The molecule has 0 aromatic carbocycles. The molecule has 0 spiro atoms. The Morgan fingerprint density at radius 3 is 0.775 bits per heavy atom. The average molecular weight is 573 g/mol. The van der Waals surface area contributed by atoms with E-state index in [1.165, 1.54) is 0 Å². The van der Waals surface area contributed by atoms with Gasteiger partial charge in [-0.15, -0.1) is 0 Å². The fourth-order valence-electron chi connectivity index (χ4n) is 4.76. The van der Waals surface area contributed by atoms with Crippen molar-refractivity contribution in [3.63, 3.8) is 0 Å². The van der Waals surface area contributed by atoms with E-state index >= 15 is 0 Å². The number of nitrogens with one attached hydrogen (secondary N) is 10. The Hall–Kier alpha value is -0.480. The zero-order chi connectivity index (χ0) is 28.0. The van der Waals surface area contributed by atoms with Crippen LogP contribution in [0.25, 0.3) is 0 Å². The molecule has 0 aliphatic carbocycles. The van der Waals surface area contributed by atoms with Crippen molar-refractivity contribution >= 4 is 0 Å². The lowest BCUT2D eigenvalue weighted by molar-refractivity contribution is 0.0383. The highest BCUT2D eigenvalue weighted by molar-refractivity contribution is 4.69. The third-order valence-corrected chi connectivity index (χ3v) is 7.27. The molecule has 0 bridgehead atoms. The Labute approximate surface area is 244 Å². The molecule has 12 nitrogen and oxygen atoms in total. The Morgan fingerprint density at radius 1 is 0.300 bits per heavy atom. The van der Waals surface area contributed by atoms with Gasteiger partial charge in [-0.05, 0) is 50.9 Å². The normalized spacial score (nSPS) is 23.1. The Balaban J connectivity index is 1.52. The van der Waals surface area contributed by atoms with Crippen molar-refractivity contribution in [3.05, 3.63) is 0 Å². The minimum absolute atomic E-state index is 0.571. The summed E-state index contributed by atoms with van der Waals surface area (Å²) >= 11 is 0. The van der Waals surface area contributed by atoms with Gasteiger partial charge in [-0.2, -0.15) is 0 Å². The van der Waals surface area contributed by atoms with Crippen LogP contribution in [0.3, 0.4) is 0 Å². The second-order valence-corrected chi connectivity index (χ2v) is 10.9. The molecule has 238 valence electrons. The van der Waals surface area contributed by atoms with Gasteiger partial charge in [0.1, 0.15) is 0 Å². The van der Waals surface area contributed by atoms with Gasteiger partial charge >= 0.3 is 0 Å². The van der Waals surface area contributed by atoms with Crippen molar-refractivity contribution < 1.29 is 9.47 Å². The summed E-state index contributed by atoms with van der Waals surface area (Å²) in [7, 11) is 0. The van der Waals surface area contributed by atoms with Gasteiger partial charge < -0.3 is 62.6 Å². The fourth-order valence-corrected chi connectivity index (χ4v) is 4.76. The monoisotopic (exact) mass is 573 g/mol. The quantitative estimate of drug-likeness (QED) is 0.129. The molecule has 0 unspecified atom stereocenters. The SMILES string of the molecule is C1CNCCNCC(CCOCCOCCC2CNCCNCCNCCNCCNC2)CNCCNCCN1. The summed E-state index contributed by atoms with van der Waals surface area (Å²) < 4.78 is 11.9. The molecule has 2 aliphatic heterocycles. The smallest absolute Gasteiger partial charge is 0.0700 e. The minimum atomic E-state index is 0.571. The van der Waals surface area contributed by atoms with E-state index in [4.69, 9.17) is 9.47 Å². The van der Waals surface area contributed by atoms with E-state index in [0.717, 1.165) is 157 Å². The van der Waals surface area contributed by atoms with Gasteiger partial charge in [-0.3, -0.25) is 0 Å². The standard InChI is InChI=1S/C28H64N10O2/c1(27-23-35-15-11-31-7-3-29-4-8-32-12-16-36-24-27)19-39-21-22-40-20-2-28-25-37-17-13-33-9-5-30-6-10-34-14-18-38-26-28/h27-38H,1-26H2. The molecule has 0 aromatic rings. The molecule has 40 heavy (non-hydrogen) atoms. The van der Waals surface area contributed by atoms with Gasteiger partial charge in [0.2, 0.25) is 0 Å². The number of ether oxygens (including phenoxy) is 2. The zero-order valence-electron chi connectivity index (χ0n) is 25.4. The Kier molecular flexibility index (Phi) is 25.6. The predicted molar refractivity (Wildman–Crippen MR) is 167 cm³/mol. The van der Waals surface area contributed by atoms with Crippen molar-refractivity contribution in [2.45, 2.75) is 12.8 Å². The maximum absolute atomic E-state index is 5.95. The molecule has 2 aliphatic rings. The molecule has 10 N–H and O–H groups in total. The summed E-state index contributed by atoms with van der Waals surface area (Å²) in [6.07, 6.45) is 2.12. The van der Waals surface area contributed by atoms with Crippen LogP contribution >= 0.6 is 0 Å². The van der Waals surface area contributed by atoms with Gasteiger partial charge in [0.05, 0.1) is 13.2 Å². The highest BCUT2D eigenvalue weighted by Gasteiger charge is 2.10. The molecule has 0 radical (unpaired) electrons. The lowest BCUT2D eigenvalue weighted by atomic mass is 10.1. The van der Waals surface area contributed by atoms with Gasteiger partial charge in [0.25, 0.3) is 0 Å². The fraction of sp³-hybridized carbons (Fsp3) is 1.00. The van der Waals surface area contributed by atoms with Crippen LogP contribution in [0.5, 0.6) is 0 Å². The first kappa shape index (κ1) is 35.7. The highest BCUT2D eigenvalue weighted by Crippen LogP contribution is 2.03. The Bertz CT molecular complexity index is 447. The van der Waals surface area contributed by atoms with Crippen LogP contribution in [-0.2, 0) is 9.47 Å². The van der Waals surface area contributed by atoms with Crippen molar-refractivity contribution in [2.24, 2.45) is 11.8 Å². The number of hydrogen-bond acceptors (Lipinski definition) is 12. The van der Waals surface area contributed by atoms with E-state index in [1.54, 1.807) is 0 Å². The van der Waals surface area contributed by atoms with E-state index in [2.05, 4.69) is 53.2 Å². The maximum atomic E-state index is 5.95. The van der Waals surface area contributed by atoms with Crippen molar-refractivity contribution in [1.82, 2.24) is 53.2 Å². The van der Waals surface area contributed by atoms with Gasteiger partial charge in [-0.1, -0.05) is 0 Å². The molecule has 2 saturated heterocycles. The second kappa shape index (κ2) is 28.6. The molecule has 0 aromatic heterocycles. The zero-order valence-corrected chi connectivity index (χ0v) is 25.4. The first-order valence-corrected chi connectivity index (χ1v) is 16.2. The van der Waals surface area contributed by atoms with Crippen LogP contribution in [0.1, 0.15) is 12.8 Å². The van der Waals surface area contributed by atoms with Crippen LogP contribution in [0.2, 0.25) is 0 Å². The number of hydrogen-bond donors (Lipinski definition) is 10. The van der Waals surface area contributed by atoms with Crippen LogP contribution in [0.15, 0.2) is 0 Å². The molecular formula is C28H64N10O2. The first-order chi connectivity index (χ1) is 19.9. The summed E-state index contributed by atoms with van der Waals surface area (Å²) in [5, 5.41) is 35.3. The third kappa shape index (κ3) is 23.1. The third-order valence-electron chi connectivity index (χ3n) is 7.27. The largest absolute Gasteiger partial charge is 0.379 e. The van der Waals surface area contributed by atoms with E-state index in [9.17, 15) is 0 Å². The minimum Gasteiger partial charge on any atom is -0.379 e. The van der Waals surface area contributed by atoms with Crippen LogP contribution in [0.4, 0.5) is 0 Å². The topological polar surface area (TPSA) is 139 Å². The van der Waals surface area contributed by atoms with E-state index in [-0.39, 0.29) is 0 Å². The first-order valence-electron chi connectivity index (χ1n) is 16.2. The molecule has 2 heterocycles. The molecule has 0 amide bonds. The Morgan fingerprint density at radius 2 is 0.525 bits per heavy atom. The summed E-state index contributed by atoms with van der Waals surface area (Å²) in [4.78, 5) is 0. The van der Waals surface area contributed by atoms with Crippen molar-refractivity contribution in [1.29, 1.82) is 0 Å². The van der Waals surface area contributed by atoms with Crippen molar-refractivity contribution in [2.75, 3.05) is 157 Å². The average Bonchev–Trinajstić information content (AvgIpc) is 2.96. The van der Waals surface area contributed by atoms with Crippen molar-refractivity contribution in [3.8, 4) is 0 Å². The van der Waals surface area contributed by atoms with Crippen LogP contribution < -0.4 is 53.2 Å². The lowest BCUT2D eigenvalue weighted by Gasteiger charge is -2.20. The van der Waals surface area contributed by atoms with E-state index < -0.39 is 0 Å². The summed E-state index contributed by atoms with van der Waals surface area (Å²) in [5.74, 6) is 1.14. The van der Waals surface area contributed by atoms with Gasteiger partial charge in [0.15, 0.2) is 0 Å². The van der Waals surface area contributed by atoms with E-state index in [0.29, 0.717) is 25.0 Å². The summed E-state index contributed by atoms with van der Waals surface area (Å²) in [6.45, 7) is 23.2. The second-order valence-electron chi connectivity index (χ2n) is 10.9. The molecule has 0 atom stereocenters. The maximum Gasteiger partial charge on any atom is 0.0700 e.